The van der Waals surface area contributed by atoms with E-state index in [2.05, 4.69) is 29.5 Å². The minimum atomic E-state index is -1.48. The zero-order valence-electron chi connectivity index (χ0n) is 23.3. The van der Waals surface area contributed by atoms with Gasteiger partial charge in [0, 0.05) is 37.4 Å². The number of hydrogen-bond acceptors (Lipinski definition) is 3. The van der Waals surface area contributed by atoms with Crippen LogP contribution in [0, 0.1) is 22.2 Å². The van der Waals surface area contributed by atoms with E-state index in [1.165, 1.54) is 0 Å². The topological polar surface area (TPSA) is 67.3 Å². The van der Waals surface area contributed by atoms with Gasteiger partial charge in [-0.1, -0.05) is 55.7 Å². The molecule has 4 aliphatic carbocycles. The lowest BCUT2D eigenvalue weighted by molar-refractivity contribution is -0.134. The van der Waals surface area contributed by atoms with Gasteiger partial charge >= 0.3 is 12.1 Å². The third kappa shape index (κ3) is 4.07. The third-order valence-corrected chi connectivity index (χ3v) is 12.3. The monoisotopic (exact) mass is 650 g/mol. The minimum absolute atomic E-state index is 0.0611. The van der Waals surface area contributed by atoms with Crippen LogP contribution in [-0.4, -0.2) is 92.2 Å². The Hall–Kier alpha value is -0.910. The molecule has 0 aromatic carbocycles. The van der Waals surface area contributed by atoms with Gasteiger partial charge < -0.3 is 14.9 Å². The van der Waals surface area contributed by atoms with E-state index in [9.17, 15) is 14.7 Å². The van der Waals surface area contributed by atoms with Gasteiger partial charge in [-0.05, 0) is 56.8 Å². The van der Waals surface area contributed by atoms with Crippen LogP contribution in [0.4, 0.5) is 18.4 Å². The summed E-state index contributed by atoms with van der Waals surface area (Å²) in [4.78, 5) is 33.7. The van der Waals surface area contributed by atoms with Gasteiger partial charge in [0.1, 0.15) is 18.5 Å². The molecule has 6 aliphatic rings. The zero-order valence-corrected chi connectivity index (χ0v) is 25.5. The Bertz CT molecular complexity index is 944. The molecule has 9 atom stereocenters. The van der Waals surface area contributed by atoms with Crippen molar-refractivity contribution < 1.29 is 23.5 Å². The summed E-state index contributed by atoms with van der Waals surface area (Å²) >= 11 is 2.14. The predicted octanol–water partition coefficient (Wildman–Crippen LogP) is 5.75. The molecule has 0 aromatic heterocycles. The molecule has 6 fully saturated rings. The summed E-state index contributed by atoms with van der Waals surface area (Å²) in [5.74, 6) is -0.0611. The second-order valence-electron chi connectivity index (χ2n) is 13.3. The molecule has 4 saturated carbocycles. The van der Waals surface area contributed by atoms with E-state index in [4.69, 9.17) is 0 Å². The first-order chi connectivity index (χ1) is 17.9. The number of nitrogens with zero attached hydrogens (tertiary/aromatic N) is 4. The number of urea groups is 2. The summed E-state index contributed by atoms with van der Waals surface area (Å²) in [5.41, 5.74) is -2.14. The van der Waals surface area contributed by atoms with Crippen molar-refractivity contribution in [2.75, 3.05) is 24.7 Å². The molecule has 0 spiro atoms. The highest BCUT2D eigenvalue weighted by molar-refractivity contribution is 14.1. The predicted molar refractivity (Wildman–Crippen MR) is 150 cm³/mol. The molecule has 4 bridgehead atoms. The van der Waals surface area contributed by atoms with E-state index < -0.39 is 41.6 Å². The van der Waals surface area contributed by atoms with Crippen molar-refractivity contribution in [3.63, 3.8) is 0 Å². The van der Waals surface area contributed by atoms with Crippen LogP contribution in [0.2, 0.25) is 0 Å². The molecule has 2 aliphatic heterocycles. The molecule has 4 amide bonds. The number of amides is 4. The molecule has 2 saturated heterocycles. The highest BCUT2D eigenvalue weighted by Crippen LogP contribution is 2.61. The van der Waals surface area contributed by atoms with Gasteiger partial charge in [-0.3, -0.25) is 9.80 Å². The normalized spacial score (nSPS) is 45.9. The highest BCUT2D eigenvalue weighted by atomic mass is 127. The van der Waals surface area contributed by atoms with Crippen LogP contribution >= 0.6 is 22.6 Å². The summed E-state index contributed by atoms with van der Waals surface area (Å²) < 4.78 is 33.7. The molecule has 6 rings (SSSR count). The van der Waals surface area contributed by atoms with Crippen LogP contribution in [0.1, 0.15) is 85.0 Å². The van der Waals surface area contributed by atoms with Crippen molar-refractivity contribution in [3.05, 3.63) is 0 Å². The molecular weight excluding hydrogens is 605 g/mol. The first-order valence-electron chi connectivity index (χ1n) is 14.6. The van der Waals surface area contributed by atoms with E-state index in [-0.39, 0.29) is 42.8 Å². The van der Waals surface area contributed by atoms with Gasteiger partial charge in [0.25, 0.3) is 0 Å². The summed E-state index contributed by atoms with van der Waals surface area (Å²) in [6.07, 6.45) is 1.89. The molecule has 38 heavy (non-hydrogen) atoms. The van der Waals surface area contributed by atoms with E-state index in [0.717, 1.165) is 44.9 Å². The lowest BCUT2D eigenvalue weighted by atomic mass is 9.52. The molecule has 0 radical (unpaired) electrons. The number of carbonyl (C=O) groups is 2. The van der Waals surface area contributed by atoms with Gasteiger partial charge in [0.2, 0.25) is 0 Å². The van der Waals surface area contributed by atoms with Crippen molar-refractivity contribution in [2.45, 2.75) is 116 Å². The maximum absolute atomic E-state index is 16.9. The molecule has 0 aromatic rings. The largest absolute Gasteiger partial charge is 0.393 e. The minimum Gasteiger partial charge on any atom is -0.393 e. The van der Waals surface area contributed by atoms with Crippen LogP contribution in [-0.2, 0) is 0 Å². The average molecular weight is 651 g/mol. The maximum Gasteiger partial charge on any atom is 0.323 e. The Morgan fingerprint density at radius 2 is 1.63 bits per heavy atom. The van der Waals surface area contributed by atoms with Crippen LogP contribution in [0.3, 0.4) is 0 Å². The Labute approximate surface area is 239 Å². The van der Waals surface area contributed by atoms with Crippen LogP contribution < -0.4 is 0 Å². The first kappa shape index (κ1) is 28.6. The second-order valence-corrected chi connectivity index (χ2v) is 14.0. The molecule has 216 valence electrons. The van der Waals surface area contributed by atoms with Crippen molar-refractivity contribution >= 4 is 34.7 Å². The molecular formula is C28H45F2IN4O3. The van der Waals surface area contributed by atoms with Crippen molar-refractivity contribution in [3.8, 4) is 0 Å². The molecule has 2 heterocycles. The number of halogens is 3. The highest BCUT2D eigenvalue weighted by Gasteiger charge is 2.63. The standard InChI is InChI=1S/C28H45F2IN4O3/c1-5-33-22-23(35(17-31)24(37)32(22)4)34(25(33)38)16-28-15-19(36)14-27(3,20(29)13-21(28)30)26(2)11-7-6-9-18(28)10-8-12-26/h18-23,36H,5-17H2,1-4H3. The van der Waals surface area contributed by atoms with Gasteiger partial charge in [0.05, 0.1) is 10.7 Å². The van der Waals surface area contributed by atoms with Gasteiger partial charge in [0.15, 0.2) is 6.17 Å². The Morgan fingerprint density at radius 3 is 2.32 bits per heavy atom. The van der Waals surface area contributed by atoms with Crippen LogP contribution in [0.5, 0.6) is 0 Å². The molecule has 10 heteroatoms. The van der Waals surface area contributed by atoms with Crippen molar-refractivity contribution in [2.24, 2.45) is 22.2 Å². The van der Waals surface area contributed by atoms with Crippen LogP contribution in [0.15, 0.2) is 0 Å². The zero-order chi connectivity index (χ0) is 27.6. The van der Waals surface area contributed by atoms with E-state index in [1.54, 1.807) is 26.6 Å². The maximum atomic E-state index is 16.9. The number of aliphatic hydroxyl groups is 1. The number of aliphatic hydroxyl groups excluding tert-OH is 1. The SMILES string of the molecule is CCN1C(=O)N(CC23CC(O)CC(C)(C(F)CC2F)C2(C)CCCCC3CCC2)C2C1N(C)C(=O)N2CI. The van der Waals surface area contributed by atoms with Crippen LogP contribution in [0.25, 0.3) is 0 Å². The quantitative estimate of drug-likeness (QED) is 0.240. The Morgan fingerprint density at radius 1 is 0.947 bits per heavy atom. The summed E-state index contributed by atoms with van der Waals surface area (Å²) in [6, 6.07) is -0.353. The van der Waals surface area contributed by atoms with Crippen molar-refractivity contribution in [1.82, 2.24) is 19.6 Å². The fourth-order valence-electron chi connectivity index (χ4n) is 9.13. The van der Waals surface area contributed by atoms with E-state index >= 15 is 8.78 Å². The summed E-state index contributed by atoms with van der Waals surface area (Å²) in [5, 5.41) is 11.6. The lowest BCUT2D eigenvalue weighted by Gasteiger charge is -2.56. The summed E-state index contributed by atoms with van der Waals surface area (Å²) in [7, 11) is 1.72. The molecule has 7 nitrogen and oxygen atoms in total. The average Bonchev–Trinajstić information content (AvgIpc) is 3.30. The molecule has 1 N–H and O–H groups in total. The number of fused-ring (bicyclic) bond motifs is 5. The second kappa shape index (κ2) is 10.2. The number of likely N-dealkylation sites (N-methyl/N-ethyl adjacent to an activating group) is 2. The molecule has 9 unspecified atom stereocenters. The number of hydrogen-bond donors (Lipinski definition) is 1. The first-order valence-corrected chi connectivity index (χ1v) is 16.1. The lowest BCUT2D eigenvalue weighted by Crippen LogP contribution is -2.59. The number of rotatable bonds is 4. The third-order valence-electron chi connectivity index (χ3n) is 11.6. The Kier molecular flexibility index (Phi) is 7.66. The Balaban J connectivity index is 1.61. The van der Waals surface area contributed by atoms with Gasteiger partial charge in [-0.15, -0.1) is 0 Å². The van der Waals surface area contributed by atoms with Gasteiger partial charge in [-0.2, -0.15) is 0 Å². The van der Waals surface area contributed by atoms with E-state index in [0.29, 0.717) is 17.5 Å². The van der Waals surface area contributed by atoms with Gasteiger partial charge in [-0.25, -0.2) is 18.4 Å². The number of alkyl halides is 3. The number of carbonyl (C=O) groups excluding carboxylic acids is 2. The van der Waals surface area contributed by atoms with Crippen molar-refractivity contribution in [1.29, 1.82) is 0 Å². The summed E-state index contributed by atoms with van der Waals surface area (Å²) in [6.45, 7) is 6.55. The fraction of sp³-hybridized carbons (Fsp3) is 0.929. The smallest absolute Gasteiger partial charge is 0.323 e. The van der Waals surface area contributed by atoms with E-state index in [1.807, 2.05) is 13.8 Å². The fourth-order valence-corrected chi connectivity index (χ4v) is 9.83.